The van der Waals surface area contributed by atoms with Crippen molar-refractivity contribution in [2.45, 2.75) is 6.42 Å². The minimum atomic E-state index is 0.828. The van der Waals surface area contributed by atoms with E-state index in [1.54, 1.807) is 6.08 Å². The van der Waals surface area contributed by atoms with Crippen LogP contribution in [0.4, 0.5) is 0 Å². The zero-order valence-corrected chi connectivity index (χ0v) is 4.88. The summed E-state index contributed by atoms with van der Waals surface area (Å²) in [5, 5.41) is 0. The molecule has 0 saturated heterocycles. The third kappa shape index (κ3) is 5.22. The summed E-state index contributed by atoms with van der Waals surface area (Å²) < 4.78 is 0. The van der Waals surface area contributed by atoms with Crippen LogP contribution in [-0.2, 0) is 0 Å². The highest BCUT2D eigenvalue weighted by molar-refractivity contribution is 5.08. The van der Waals surface area contributed by atoms with E-state index < -0.39 is 0 Å². The van der Waals surface area contributed by atoms with Crippen molar-refractivity contribution in [1.82, 2.24) is 0 Å². The molecule has 0 bridgehead atoms. The second-order valence-corrected chi connectivity index (χ2v) is 1.29. The first-order valence-corrected chi connectivity index (χ1v) is 2.57. The highest BCUT2D eigenvalue weighted by atomic mass is 13.7. The van der Waals surface area contributed by atoms with Crippen LogP contribution in [0.1, 0.15) is 6.42 Å². The zero-order valence-electron chi connectivity index (χ0n) is 4.88. The van der Waals surface area contributed by atoms with E-state index in [-0.39, 0.29) is 0 Å². The summed E-state index contributed by atoms with van der Waals surface area (Å²) >= 11 is 0. The summed E-state index contributed by atoms with van der Waals surface area (Å²) in [6.07, 6.45) is 9.83. The monoisotopic (exact) mass is 106 g/mol. The minimum Gasteiger partial charge on any atom is -0.0845 e. The van der Waals surface area contributed by atoms with Gasteiger partial charge in [-0.1, -0.05) is 37.0 Å². The maximum Gasteiger partial charge on any atom is -0.0347 e. The predicted molar refractivity (Wildman–Crippen MR) is 37.1 cm³/mol. The van der Waals surface area contributed by atoms with Crippen LogP contribution in [0.25, 0.3) is 0 Å². The normalized spacial score (nSPS) is 11.1. The molecule has 0 aromatic heterocycles. The van der Waals surface area contributed by atoms with Crippen molar-refractivity contribution in [1.29, 1.82) is 0 Å². The molecule has 0 aliphatic carbocycles. The van der Waals surface area contributed by atoms with Crippen molar-refractivity contribution in [3.63, 3.8) is 0 Å². The molecule has 0 N–H and O–H groups in total. The second kappa shape index (κ2) is 6.22. The van der Waals surface area contributed by atoms with Crippen LogP contribution < -0.4 is 0 Å². The Kier molecular flexibility index (Phi) is 5.61. The highest BCUT2D eigenvalue weighted by Crippen LogP contribution is 1.80. The molecule has 0 unspecified atom stereocenters. The number of rotatable bonds is 3. The Morgan fingerprint density at radius 2 is 2.00 bits per heavy atom. The molecule has 0 heterocycles. The highest BCUT2D eigenvalue weighted by Gasteiger charge is 1.59. The summed E-state index contributed by atoms with van der Waals surface area (Å²) in [5.74, 6) is 0. The topological polar surface area (TPSA) is 0 Å². The first kappa shape index (κ1) is 7.22. The largest absolute Gasteiger partial charge is 0.0845 e. The lowest BCUT2D eigenvalue weighted by molar-refractivity contribution is 1.40. The molecule has 0 amide bonds. The molecule has 0 rings (SSSR count). The second-order valence-electron chi connectivity index (χ2n) is 1.29. The van der Waals surface area contributed by atoms with Gasteiger partial charge >= 0.3 is 0 Å². The molecule has 0 nitrogen and oxygen atoms in total. The minimum absolute atomic E-state index is 0.828. The molecule has 0 saturated carbocycles. The van der Waals surface area contributed by atoms with Gasteiger partial charge in [0.2, 0.25) is 0 Å². The van der Waals surface area contributed by atoms with Gasteiger partial charge in [0.1, 0.15) is 0 Å². The Morgan fingerprint density at radius 1 is 1.25 bits per heavy atom. The van der Waals surface area contributed by atoms with Crippen LogP contribution in [0.3, 0.4) is 0 Å². The van der Waals surface area contributed by atoms with Gasteiger partial charge in [-0.2, -0.15) is 0 Å². The van der Waals surface area contributed by atoms with Gasteiger partial charge in [0.05, 0.1) is 0 Å². The van der Waals surface area contributed by atoms with E-state index in [0.717, 1.165) is 6.42 Å². The Labute approximate surface area is 51.2 Å². The lowest BCUT2D eigenvalue weighted by Gasteiger charge is -1.71. The van der Waals surface area contributed by atoms with Crippen molar-refractivity contribution in [2.75, 3.05) is 0 Å². The first-order valence-electron chi connectivity index (χ1n) is 2.57. The third-order valence-electron chi connectivity index (χ3n) is 0.636. The number of hydrogen-bond acceptors (Lipinski definition) is 0. The smallest absolute Gasteiger partial charge is 0.0347 e. The number of allylic oxidation sites excluding steroid dienone is 5. The van der Waals surface area contributed by atoms with Crippen LogP contribution in [0.2, 0.25) is 0 Å². The molecule has 0 spiro atoms. The van der Waals surface area contributed by atoms with E-state index in [1.807, 2.05) is 18.2 Å². The van der Waals surface area contributed by atoms with Crippen LogP contribution in [0.5, 0.6) is 0 Å². The maximum atomic E-state index is 5.05. The zero-order chi connectivity index (χ0) is 6.24. The summed E-state index contributed by atoms with van der Waals surface area (Å²) in [7, 11) is 0. The Balaban J connectivity index is 3.26. The molecule has 0 aliphatic heterocycles. The van der Waals surface area contributed by atoms with Crippen molar-refractivity contribution >= 4 is 0 Å². The molecule has 0 aromatic carbocycles. The van der Waals surface area contributed by atoms with E-state index in [0.29, 0.717) is 0 Å². The van der Waals surface area contributed by atoms with Gasteiger partial charge in [-0.05, 0) is 13.3 Å². The van der Waals surface area contributed by atoms with Crippen molar-refractivity contribution in [2.24, 2.45) is 0 Å². The molecular formula is C8H10. The summed E-state index contributed by atoms with van der Waals surface area (Å²) in [6.45, 7) is 8.67. The van der Waals surface area contributed by atoms with Gasteiger partial charge in [-0.3, -0.25) is 0 Å². The summed E-state index contributed by atoms with van der Waals surface area (Å²) in [6, 6.07) is 0. The van der Waals surface area contributed by atoms with Gasteiger partial charge in [-0.15, -0.1) is 0 Å². The average molecular weight is 106 g/mol. The summed E-state index contributed by atoms with van der Waals surface area (Å²) in [5.41, 5.74) is 0. The SMILES string of the molecule is [CH]=C/C=C/C=C/C[CH2]. The Morgan fingerprint density at radius 3 is 2.50 bits per heavy atom. The first-order chi connectivity index (χ1) is 3.91. The van der Waals surface area contributed by atoms with E-state index in [1.165, 1.54) is 6.08 Å². The fourth-order valence-corrected chi connectivity index (χ4v) is 0.303. The Bertz CT molecular complexity index is 96.6. The fourth-order valence-electron chi connectivity index (χ4n) is 0.303. The Hall–Kier alpha value is -0.780. The van der Waals surface area contributed by atoms with Crippen LogP contribution in [0, 0.1) is 13.5 Å². The summed E-state index contributed by atoms with van der Waals surface area (Å²) in [4.78, 5) is 0. The van der Waals surface area contributed by atoms with Gasteiger partial charge in [0.15, 0.2) is 0 Å². The molecule has 0 heteroatoms. The van der Waals surface area contributed by atoms with E-state index in [9.17, 15) is 0 Å². The van der Waals surface area contributed by atoms with E-state index in [2.05, 4.69) is 6.92 Å². The van der Waals surface area contributed by atoms with Crippen molar-refractivity contribution in [3.8, 4) is 0 Å². The van der Waals surface area contributed by atoms with Gasteiger partial charge in [-0.25, -0.2) is 0 Å². The van der Waals surface area contributed by atoms with Crippen molar-refractivity contribution in [3.05, 3.63) is 43.9 Å². The standard InChI is InChI=1S/C8H10/c1-3-5-7-8-6-4-2/h1,3,5-8H,2,4H2/b3-1?,7-5+,8-6+. The lowest BCUT2D eigenvalue weighted by Crippen LogP contribution is -1.50. The average Bonchev–Trinajstić information content (AvgIpc) is 1.81. The fraction of sp³-hybridized carbons (Fsp3) is 0.125. The van der Waals surface area contributed by atoms with E-state index in [4.69, 9.17) is 6.58 Å². The molecule has 0 atom stereocenters. The van der Waals surface area contributed by atoms with Crippen molar-refractivity contribution < 1.29 is 0 Å². The maximum absolute atomic E-state index is 5.05. The molecule has 0 fully saturated rings. The van der Waals surface area contributed by atoms with Crippen LogP contribution in [0.15, 0.2) is 30.4 Å². The molecule has 0 aromatic rings. The molecule has 42 valence electrons. The molecule has 0 aliphatic rings. The van der Waals surface area contributed by atoms with E-state index >= 15 is 0 Å². The van der Waals surface area contributed by atoms with Crippen LogP contribution in [-0.4, -0.2) is 0 Å². The van der Waals surface area contributed by atoms with Gasteiger partial charge in [0, 0.05) is 0 Å². The molecule has 8 heavy (non-hydrogen) atoms. The van der Waals surface area contributed by atoms with Gasteiger partial charge in [0.25, 0.3) is 0 Å². The predicted octanol–water partition coefficient (Wildman–Crippen LogP) is 2.31. The molecular weight excluding hydrogens is 96.1 g/mol. The van der Waals surface area contributed by atoms with Crippen LogP contribution >= 0.6 is 0 Å². The number of hydrogen-bond donors (Lipinski definition) is 0. The third-order valence-corrected chi connectivity index (χ3v) is 0.636. The molecule has 2 radical (unpaired) electrons. The van der Waals surface area contributed by atoms with Gasteiger partial charge < -0.3 is 0 Å². The lowest BCUT2D eigenvalue weighted by atomic mass is 10.4. The quantitative estimate of drug-likeness (QED) is 0.484.